The van der Waals surface area contributed by atoms with Gasteiger partial charge in [0, 0.05) is 17.7 Å². The second-order valence-electron chi connectivity index (χ2n) is 6.93. The van der Waals surface area contributed by atoms with Crippen LogP contribution in [0.5, 0.6) is 0 Å². The van der Waals surface area contributed by atoms with Crippen LogP contribution in [-0.4, -0.2) is 32.2 Å². The number of carboxylic acids is 1. The van der Waals surface area contributed by atoms with Crippen molar-refractivity contribution in [2.75, 3.05) is 0 Å². The smallest absolute Gasteiger partial charge is 0.335 e. The fraction of sp³-hybridized carbons (Fsp3) is 0.286. The average molecular weight is 414 g/mol. The second kappa shape index (κ2) is 7.93. The van der Waals surface area contributed by atoms with Gasteiger partial charge in [-0.25, -0.2) is 4.79 Å². The van der Waals surface area contributed by atoms with Crippen molar-refractivity contribution in [1.29, 1.82) is 0 Å². The molecule has 7 heteroatoms. The zero-order valence-electron chi connectivity index (χ0n) is 15.1. The zero-order valence-corrected chi connectivity index (χ0v) is 16.7. The monoisotopic (exact) mass is 413 g/mol. The van der Waals surface area contributed by atoms with Crippen molar-refractivity contribution in [3.05, 3.63) is 52.6 Å². The number of thiocarbonyl (C=S) groups is 1. The van der Waals surface area contributed by atoms with E-state index in [-0.39, 0.29) is 17.5 Å². The number of carboxylic acid groups (broad SMARTS) is 1. The second-order valence-corrected chi connectivity index (χ2v) is 8.61. The van der Waals surface area contributed by atoms with Crippen molar-refractivity contribution < 1.29 is 19.1 Å². The molecule has 2 aliphatic rings. The molecule has 2 fully saturated rings. The van der Waals surface area contributed by atoms with Gasteiger partial charge in [-0.1, -0.05) is 55.4 Å². The Bertz CT molecular complexity index is 972. The lowest BCUT2D eigenvalue weighted by atomic mass is 9.94. The van der Waals surface area contributed by atoms with Gasteiger partial charge < -0.3 is 9.52 Å². The van der Waals surface area contributed by atoms with Gasteiger partial charge in [0.1, 0.15) is 15.8 Å². The maximum absolute atomic E-state index is 12.9. The van der Waals surface area contributed by atoms with Crippen molar-refractivity contribution in [1.82, 2.24) is 4.90 Å². The lowest BCUT2D eigenvalue weighted by molar-refractivity contribution is -0.124. The first kappa shape index (κ1) is 19.0. The quantitative estimate of drug-likeness (QED) is 0.550. The molecule has 1 aromatic heterocycles. The fourth-order valence-corrected chi connectivity index (χ4v) is 5.03. The van der Waals surface area contributed by atoms with Gasteiger partial charge in [-0.15, -0.1) is 0 Å². The average Bonchev–Trinajstić information content (AvgIpc) is 3.27. The standard InChI is InChI=1S/C21H19NO4S2/c23-19-18(28-21(27)22(19)15-7-2-1-3-8-15)12-16-9-10-17(26-16)13-5-4-6-14(11-13)20(24)25/h4-6,9-12,15H,1-3,7-8H2,(H,24,25)/b18-12-. The Morgan fingerprint density at radius 3 is 2.75 bits per heavy atom. The number of hydrogen-bond acceptors (Lipinski definition) is 5. The number of carbonyl (C=O) groups excluding carboxylic acids is 1. The topological polar surface area (TPSA) is 70.8 Å². The van der Waals surface area contributed by atoms with E-state index in [2.05, 4.69) is 0 Å². The van der Waals surface area contributed by atoms with E-state index in [1.165, 1.54) is 24.2 Å². The predicted octanol–water partition coefficient (Wildman–Crippen LogP) is 5.18. The lowest BCUT2D eigenvalue weighted by Gasteiger charge is -2.29. The van der Waals surface area contributed by atoms with E-state index in [4.69, 9.17) is 21.7 Å². The molecule has 2 aromatic rings. The number of thioether (sulfide) groups is 1. The van der Waals surface area contributed by atoms with Crippen molar-refractivity contribution in [2.24, 2.45) is 0 Å². The van der Waals surface area contributed by atoms with Gasteiger partial charge in [0.2, 0.25) is 0 Å². The van der Waals surface area contributed by atoms with E-state index in [1.54, 1.807) is 41.3 Å². The summed E-state index contributed by atoms with van der Waals surface area (Å²) in [6.07, 6.45) is 7.22. The van der Waals surface area contributed by atoms with Crippen molar-refractivity contribution in [3.8, 4) is 11.3 Å². The Morgan fingerprint density at radius 2 is 2.00 bits per heavy atom. The van der Waals surface area contributed by atoms with Crippen LogP contribution >= 0.6 is 24.0 Å². The van der Waals surface area contributed by atoms with Crippen LogP contribution in [0.2, 0.25) is 0 Å². The molecular weight excluding hydrogens is 394 g/mol. The van der Waals surface area contributed by atoms with E-state index in [1.807, 2.05) is 0 Å². The Balaban J connectivity index is 1.55. The Hall–Kier alpha value is -2.38. The summed E-state index contributed by atoms with van der Waals surface area (Å²) in [6.45, 7) is 0. The van der Waals surface area contributed by atoms with Crippen LogP contribution in [0.4, 0.5) is 0 Å². The van der Waals surface area contributed by atoms with Crippen molar-refractivity contribution in [3.63, 3.8) is 0 Å². The third kappa shape index (κ3) is 3.77. The minimum absolute atomic E-state index is 0.0484. The molecule has 1 aromatic carbocycles. The molecule has 1 N–H and O–H groups in total. The normalized spacial score (nSPS) is 19.6. The van der Waals surface area contributed by atoms with E-state index >= 15 is 0 Å². The Morgan fingerprint density at radius 1 is 1.21 bits per heavy atom. The van der Waals surface area contributed by atoms with Gasteiger partial charge in [-0.2, -0.15) is 0 Å². The molecule has 5 nitrogen and oxygen atoms in total. The summed E-state index contributed by atoms with van der Waals surface area (Å²) < 4.78 is 6.45. The van der Waals surface area contributed by atoms with Crippen LogP contribution in [0.1, 0.15) is 48.2 Å². The van der Waals surface area contributed by atoms with Gasteiger partial charge in [0.25, 0.3) is 5.91 Å². The van der Waals surface area contributed by atoms with E-state index in [0.29, 0.717) is 26.3 Å². The minimum atomic E-state index is -0.986. The molecule has 1 saturated carbocycles. The first-order valence-electron chi connectivity index (χ1n) is 9.23. The summed E-state index contributed by atoms with van der Waals surface area (Å²) >= 11 is 6.77. The third-order valence-electron chi connectivity index (χ3n) is 5.06. The van der Waals surface area contributed by atoms with Crippen LogP contribution in [0.15, 0.2) is 45.7 Å². The molecule has 1 aliphatic carbocycles. The number of carbonyl (C=O) groups is 2. The molecule has 1 amide bonds. The number of aromatic carboxylic acids is 1. The summed E-state index contributed by atoms with van der Waals surface area (Å²) in [4.78, 5) is 26.3. The first-order valence-corrected chi connectivity index (χ1v) is 10.5. The van der Waals surface area contributed by atoms with Gasteiger partial charge in [-0.3, -0.25) is 9.69 Å². The van der Waals surface area contributed by atoms with Gasteiger partial charge in [-0.05, 0) is 37.1 Å². The van der Waals surface area contributed by atoms with Crippen molar-refractivity contribution >= 4 is 46.3 Å². The van der Waals surface area contributed by atoms with Gasteiger partial charge >= 0.3 is 5.97 Å². The molecule has 144 valence electrons. The molecule has 1 aliphatic heterocycles. The van der Waals surface area contributed by atoms with Crippen LogP contribution in [0, 0.1) is 0 Å². The van der Waals surface area contributed by atoms with Crippen LogP contribution in [-0.2, 0) is 4.79 Å². The maximum Gasteiger partial charge on any atom is 0.335 e. The lowest BCUT2D eigenvalue weighted by Crippen LogP contribution is -2.39. The van der Waals surface area contributed by atoms with Crippen LogP contribution < -0.4 is 0 Å². The van der Waals surface area contributed by atoms with Crippen molar-refractivity contribution in [2.45, 2.75) is 38.1 Å². The van der Waals surface area contributed by atoms with Crippen LogP contribution in [0.3, 0.4) is 0 Å². The predicted molar refractivity (Wildman–Crippen MR) is 113 cm³/mol. The Kier molecular flexibility index (Phi) is 5.37. The molecule has 0 unspecified atom stereocenters. The summed E-state index contributed by atoms with van der Waals surface area (Å²) in [5.41, 5.74) is 0.873. The number of hydrogen-bond donors (Lipinski definition) is 1. The minimum Gasteiger partial charge on any atom is -0.478 e. The molecule has 2 heterocycles. The summed E-state index contributed by atoms with van der Waals surface area (Å²) in [5.74, 6) is 0.0599. The Labute approximate surface area is 172 Å². The molecular formula is C21H19NO4S2. The molecule has 28 heavy (non-hydrogen) atoms. The number of furan rings is 1. The summed E-state index contributed by atoms with van der Waals surface area (Å²) in [7, 11) is 0. The van der Waals surface area contributed by atoms with E-state index in [9.17, 15) is 9.59 Å². The fourth-order valence-electron chi connectivity index (χ4n) is 3.65. The molecule has 0 spiro atoms. The number of benzene rings is 1. The highest BCUT2D eigenvalue weighted by molar-refractivity contribution is 8.26. The van der Waals surface area contributed by atoms with E-state index in [0.717, 1.165) is 25.7 Å². The summed E-state index contributed by atoms with van der Waals surface area (Å²) in [6, 6.07) is 10.3. The SMILES string of the molecule is O=C(O)c1cccc(-c2ccc(/C=C3\SC(=S)N(C4CCCCC4)C3=O)o2)c1. The number of amides is 1. The molecule has 0 atom stereocenters. The van der Waals surface area contributed by atoms with Gasteiger partial charge in [0.15, 0.2) is 0 Å². The first-order chi connectivity index (χ1) is 13.5. The number of rotatable bonds is 4. The molecule has 1 saturated heterocycles. The molecule has 0 radical (unpaired) electrons. The summed E-state index contributed by atoms with van der Waals surface area (Å²) in [5, 5.41) is 9.14. The highest BCUT2D eigenvalue weighted by atomic mass is 32.2. The highest BCUT2D eigenvalue weighted by Gasteiger charge is 2.37. The number of nitrogens with zero attached hydrogens (tertiary/aromatic N) is 1. The van der Waals surface area contributed by atoms with Crippen LogP contribution in [0.25, 0.3) is 17.4 Å². The molecule has 4 rings (SSSR count). The largest absolute Gasteiger partial charge is 0.478 e. The van der Waals surface area contributed by atoms with Gasteiger partial charge in [0.05, 0.1) is 10.5 Å². The van der Waals surface area contributed by atoms with E-state index < -0.39 is 5.97 Å². The zero-order chi connectivity index (χ0) is 19.7. The maximum atomic E-state index is 12.9. The molecule has 0 bridgehead atoms. The third-order valence-corrected chi connectivity index (χ3v) is 6.39. The highest BCUT2D eigenvalue weighted by Crippen LogP contribution is 2.37.